The first kappa shape index (κ1) is 13.2. The second-order valence-electron chi connectivity index (χ2n) is 4.41. The Morgan fingerprint density at radius 3 is 2.42 bits per heavy atom. The van der Waals surface area contributed by atoms with Crippen LogP contribution in [0.15, 0.2) is 24.3 Å². The molecular weight excluding hydrogens is 247 g/mol. The molecule has 6 nitrogen and oxygen atoms in total. The van der Waals surface area contributed by atoms with E-state index < -0.39 is 0 Å². The first-order chi connectivity index (χ1) is 9.02. The minimum atomic E-state index is -0.237. The van der Waals surface area contributed by atoms with Gasteiger partial charge in [0.1, 0.15) is 18.9 Å². The molecule has 0 fully saturated rings. The molecular formula is C12H16FN6+. The second-order valence-corrected chi connectivity index (χ2v) is 4.41. The highest BCUT2D eigenvalue weighted by Crippen LogP contribution is 2.02. The average molecular weight is 263 g/mol. The summed E-state index contributed by atoms with van der Waals surface area (Å²) in [6.07, 6.45) is 0. The Labute approximate surface area is 110 Å². The van der Waals surface area contributed by atoms with Crippen molar-refractivity contribution in [3.63, 3.8) is 0 Å². The van der Waals surface area contributed by atoms with Crippen LogP contribution in [-0.2, 0) is 13.1 Å². The Balaban J connectivity index is 2.03. The Morgan fingerprint density at radius 2 is 1.79 bits per heavy atom. The lowest BCUT2D eigenvalue weighted by atomic mass is 10.2. The van der Waals surface area contributed by atoms with Gasteiger partial charge in [-0.05, 0) is 12.1 Å². The van der Waals surface area contributed by atoms with Gasteiger partial charge < -0.3 is 16.4 Å². The normalized spacial score (nSPS) is 12.3. The van der Waals surface area contributed by atoms with E-state index in [4.69, 9.17) is 11.5 Å². The highest BCUT2D eigenvalue weighted by Gasteiger charge is 2.10. The lowest BCUT2D eigenvalue weighted by Crippen LogP contribution is -3.06. The maximum absolute atomic E-state index is 13.1. The van der Waals surface area contributed by atoms with Gasteiger partial charge in [-0.3, -0.25) is 0 Å². The molecule has 2 rings (SSSR count). The van der Waals surface area contributed by atoms with Crippen LogP contribution < -0.4 is 16.4 Å². The number of benzene rings is 1. The summed E-state index contributed by atoms with van der Waals surface area (Å²) >= 11 is 0. The number of rotatable bonds is 4. The molecule has 1 unspecified atom stereocenters. The highest BCUT2D eigenvalue weighted by molar-refractivity contribution is 5.25. The van der Waals surface area contributed by atoms with Crippen LogP contribution in [0, 0.1) is 5.82 Å². The number of halogens is 1. The summed E-state index contributed by atoms with van der Waals surface area (Å²) < 4.78 is 13.1. The van der Waals surface area contributed by atoms with Crippen molar-refractivity contribution in [2.24, 2.45) is 0 Å². The van der Waals surface area contributed by atoms with Gasteiger partial charge in [-0.25, -0.2) is 4.39 Å². The second kappa shape index (κ2) is 5.57. The predicted octanol–water partition coefficient (Wildman–Crippen LogP) is -0.610. The summed E-state index contributed by atoms with van der Waals surface area (Å²) in [7, 11) is 1.96. The molecule has 19 heavy (non-hydrogen) atoms. The van der Waals surface area contributed by atoms with Crippen LogP contribution in [0.1, 0.15) is 11.4 Å². The van der Waals surface area contributed by atoms with Gasteiger partial charge in [0.15, 0.2) is 5.82 Å². The van der Waals surface area contributed by atoms with Crippen molar-refractivity contribution in [2.75, 3.05) is 18.5 Å². The molecule has 1 atom stereocenters. The highest BCUT2D eigenvalue weighted by atomic mass is 19.1. The zero-order valence-corrected chi connectivity index (χ0v) is 10.6. The summed E-state index contributed by atoms with van der Waals surface area (Å²) in [6.45, 7) is 1.19. The number of anilines is 2. The molecule has 1 aromatic carbocycles. The van der Waals surface area contributed by atoms with Crippen LogP contribution >= 0.6 is 0 Å². The Morgan fingerprint density at radius 1 is 1.11 bits per heavy atom. The fourth-order valence-corrected chi connectivity index (χ4v) is 1.86. The SMILES string of the molecule is C[NH+](Cc1cccc(F)c1)Cc1nc(N)nc(N)n1. The van der Waals surface area contributed by atoms with Crippen LogP contribution in [0.3, 0.4) is 0 Å². The fraction of sp³-hybridized carbons (Fsp3) is 0.250. The number of nitrogens with zero attached hydrogens (tertiary/aromatic N) is 3. The lowest BCUT2D eigenvalue weighted by Gasteiger charge is -2.13. The lowest BCUT2D eigenvalue weighted by molar-refractivity contribution is -0.908. The number of quaternary nitrogens is 1. The monoisotopic (exact) mass is 263 g/mol. The molecule has 0 amide bonds. The summed E-state index contributed by atoms with van der Waals surface area (Å²) in [6, 6.07) is 6.51. The molecule has 0 bridgehead atoms. The van der Waals surface area contributed by atoms with Crippen molar-refractivity contribution in [2.45, 2.75) is 13.1 Å². The zero-order chi connectivity index (χ0) is 13.8. The fourth-order valence-electron chi connectivity index (χ4n) is 1.86. The van der Waals surface area contributed by atoms with Gasteiger partial charge in [-0.1, -0.05) is 12.1 Å². The largest absolute Gasteiger partial charge is 0.368 e. The van der Waals surface area contributed by atoms with Crippen molar-refractivity contribution in [3.05, 3.63) is 41.5 Å². The molecule has 0 aliphatic carbocycles. The molecule has 2 aromatic rings. The number of aromatic nitrogens is 3. The molecule has 1 heterocycles. The topological polar surface area (TPSA) is 95.2 Å². The van der Waals surface area contributed by atoms with E-state index in [2.05, 4.69) is 15.0 Å². The molecule has 0 saturated carbocycles. The van der Waals surface area contributed by atoms with E-state index in [1.54, 1.807) is 6.07 Å². The van der Waals surface area contributed by atoms with Crippen LogP contribution in [0.4, 0.5) is 16.3 Å². The van der Waals surface area contributed by atoms with Crippen molar-refractivity contribution in [1.29, 1.82) is 0 Å². The molecule has 7 heteroatoms. The summed E-state index contributed by atoms with van der Waals surface area (Å²) in [4.78, 5) is 12.8. The van der Waals surface area contributed by atoms with Gasteiger partial charge in [-0.2, -0.15) is 15.0 Å². The van der Waals surface area contributed by atoms with Crippen LogP contribution in [0.25, 0.3) is 0 Å². The summed E-state index contributed by atoms with van der Waals surface area (Å²) in [5.74, 6) is 0.514. The van der Waals surface area contributed by atoms with Gasteiger partial charge in [0.2, 0.25) is 11.9 Å². The minimum Gasteiger partial charge on any atom is -0.368 e. The van der Waals surface area contributed by atoms with Crippen molar-refractivity contribution >= 4 is 11.9 Å². The summed E-state index contributed by atoms with van der Waals surface area (Å²) in [5.41, 5.74) is 11.9. The summed E-state index contributed by atoms with van der Waals surface area (Å²) in [5, 5.41) is 0. The molecule has 100 valence electrons. The smallest absolute Gasteiger partial charge is 0.225 e. The average Bonchev–Trinajstić information content (AvgIpc) is 2.26. The molecule has 0 aliphatic heterocycles. The maximum atomic E-state index is 13.1. The zero-order valence-electron chi connectivity index (χ0n) is 10.6. The van der Waals surface area contributed by atoms with Crippen molar-refractivity contribution in [3.8, 4) is 0 Å². The maximum Gasteiger partial charge on any atom is 0.225 e. The molecule has 0 spiro atoms. The van der Waals surface area contributed by atoms with E-state index in [1.807, 2.05) is 13.1 Å². The van der Waals surface area contributed by atoms with E-state index in [0.717, 1.165) is 10.5 Å². The number of nitrogens with one attached hydrogen (secondary N) is 1. The molecule has 0 saturated heterocycles. The Kier molecular flexibility index (Phi) is 3.86. The predicted molar refractivity (Wildman–Crippen MR) is 69.3 cm³/mol. The number of hydrogen-bond acceptors (Lipinski definition) is 5. The molecule has 0 radical (unpaired) electrons. The van der Waals surface area contributed by atoms with Crippen molar-refractivity contribution in [1.82, 2.24) is 15.0 Å². The van der Waals surface area contributed by atoms with E-state index >= 15 is 0 Å². The van der Waals surface area contributed by atoms with E-state index in [-0.39, 0.29) is 17.7 Å². The third-order valence-corrected chi connectivity index (χ3v) is 2.57. The van der Waals surface area contributed by atoms with E-state index in [9.17, 15) is 4.39 Å². The number of hydrogen-bond donors (Lipinski definition) is 3. The van der Waals surface area contributed by atoms with Gasteiger partial charge in [0, 0.05) is 5.56 Å². The molecule has 1 aromatic heterocycles. The third-order valence-electron chi connectivity index (χ3n) is 2.57. The van der Waals surface area contributed by atoms with Crippen LogP contribution in [-0.4, -0.2) is 22.0 Å². The van der Waals surface area contributed by atoms with E-state index in [0.29, 0.717) is 18.9 Å². The van der Waals surface area contributed by atoms with Crippen LogP contribution in [0.2, 0.25) is 0 Å². The third kappa shape index (κ3) is 3.85. The van der Waals surface area contributed by atoms with Gasteiger partial charge >= 0.3 is 0 Å². The quantitative estimate of drug-likeness (QED) is 0.684. The Bertz CT molecular complexity index is 554. The van der Waals surface area contributed by atoms with E-state index in [1.165, 1.54) is 12.1 Å². The number of nitrogens with two attached hydrogens (primary N) is 2. The first-order valence-corrected chi connectivity index (χ1v) is 5.84. The van der Waals surface area contributed by atoms with Gasteiger partial charge in [-0.15, -0.1) is 0 Å². The Hall–Kier alpha value is -2.28. The first-order valence-electron chi connectivity index (χ1n) is 5.84. The molecule has 0 aliphatic rings. The standard InChI is InChI=1S/C12H15FN6/c1-19(6-8-3-2-4-9(13)5-8)7-10-16-11(14)18-12(15)17-10/h2-5H,6-7H2,1H3,(H4,14,15,16,17,18)/p+1. The minimum absolute atomic E-state index is 0.112. The van der Waals surface area contributed by atoms with Gasteiger partial charge in [0.25, 0.3) is 0 Å². The van der Waals surface area contributed by atoms with Crippen molar-refractivity contribution < 1.29 is 9.29 Å². The molecule has 5 N–H and O–H groups in total. The number of nitrogen functional groups attached to an aromatic ring is 2. The van der Waals surface area contributed by atoms with Gasteiger partial charge in [0.05, 0.1) is 7.05 Å². The van der Waals surface area contributed by atoms with Crippen LogP contribution in [0.5, 0.6) is 0 Å².